The van der Waals surface area contributed by atoms with Crippen LogP contribution in [0.25, 0.3) is 16.9 Å². The first-order valence-corrected chi connectivity index (χ1v) is 10.8. The Balaban J connectivity index is 1.75. The van der Waals surface area contributed by atoms with Crippen molar-refractivity contribution in [1.82, 2.24) is 9.78 Å². The maximum Gasteiger partial charge on any atom is 0.203 e. The third kappa shape index (κ3) is 5.11. The SMILES string of the molecule is COc1cc(-c2nn(-c3ccccc3)cc2C(=O)/C=C\Nc2ccc(O)cc2)cc(OC)c1OC. The quantitative estimate of drug-likeness (QED) is 0.200. The van der Waals surface area contributed by atoms with Gasteiger partial charge in [0.2, 0.25) is 5.75 Å². The lowest BCUT2D eigenvalue weighted by molar-refractivity contribution is 0.104. The highest BCUT2D eigenvalue weighted by atomic mass is 16.5. The van der Waals surface area contributed by atoms with Gasteiger partial charge in [-0.3, -0.25) is 4.79 Å². The average molecular weight is 472 g/mol. The monoisotopic (exact) mass is 471 g/mol. The fourth-order valence-electron chi connectivity index (χ4n) is 3.56. The van der Waals surface area contributed by atoms with Crippen LogP contribution in [0.4, 0.5) is 5.69 Å². The molecule has 0 amide bonds. The van der Waals surface area contributed by atoms with E-state index in [1.54, 1.807) is 53.5 Å². The summed E-state index contributed by atoms with van der Waals surface area (Å²) in [7, 11) is 4.60. The summed E-state index contributed by atoms with van der Waals surface area (Å²) in [4.78, 5) is 13.3. The molecule has 2 N–H and O–H groups in total. The van der Waals surface area contributed by atoms with E-state index in [4.69, 9.17) is 19.3 Å². The molecule has 0 unspecified atom stereocenters. The Kier molecular flexibility index (Phi) is 7.02. The first kappa shape index (κ1) is 23.4. The van der Waals surface area contributed by atoms with Gasteiger partial charge in [-0.05, 0) is 48.5 Å². The van der Waals surface area contributed by atoms with E-state index in [1.807, 2.05) is 30.3 Å². The Morgan fingerprint density at radius 3 is 2.20 bits per heavy atom. The maximum atomic E-state index is 13.3. The third-order valence-electron chi connectivity index (χ3n) is 5.29. The molecule has 0 aliphatic rings. The number of para-hydroxylation sites is 1. The molecular weight excluding hydrogens is 446 g/mol. The fraction of sp³-hybridized carbons (Fsp3) is 0.111. The molecule has 3 aromatic carbocycles. The molecule has 0 bridgehead atoms. The summed E-state index contributed by atoms with van der Waals surface area (Å²) in [5.74, 6) is 1.28. The van der Waals surface area contributed by atoms with Gasteiger partial charge in [-0.2, -0.15) is 5.10 Å². The van der Waals surface area contributed by atoms with Crippen LogP contribution >= 0.6 is 0 Å². The van der Waals surface area contributed by atoms with E-state index in [-0.39, 0.29) is 11.5 Å². The summed E-state index contributed by atoms with van der Waals surface area (Å²) in [6, 6.07) is 19.6. The molecule has 0 spiro atoms. The van der Waals surface area contributed by atoms with E-state index in [9.17, 15) is 9.90 Å². The van der Waals surface area contributed by atoms with Crippen molar-refractivity contribution < 1.29 is 24.1 Å². The average Bonchev–Trinajstić information content (AvgIpc) is 3.35. The molecule has 0 aliphatic carbocycles. The molecular formula is C27H25N3O5. The number of aromatic nitrogens is 2. The van der Waals surface area contributed by atoms with Gasteiger partial charge in [0.25, 0.3) is 0 Å². The molecule has 8 heteroatoms. The zero-order chi connectivity index (χ0) is 24.8. The normalized spacial score (nSPS) is 10.8. The number of nitrogens with zero attached hydrogens (tertiary/aromatic N) is 2. The predicted octanol–water partition coefficient (Wildman–Crippen LogP) is 5.08. The number of benzene rings is 3. The van der Waals surface area contributed by atoms with E-state index in [1.165, 1.54) is 27.4 Å². The van der Waals surface area contributed by atoms with Crippen molar-refractivity contribution >= 4 is 11.5 Å². The van der Waals surface area contributed by atoms with E-state index in [0.717, 1.165) is 11.4 Å². The minimum absolute atomic E-state index is 0.166. The van der Waals surface area contributed by atoms with Crippen LogP contribution in [-0.4, -0.2) is 42.0 Å². The highest BCUT2D eigenvalue weighted by molar-refractivity contribution is 6.08. The van der Waals surface area contributed by atoms with E-state index in [0.29, 0.717) is 34.1 Å². The first-order chi connectivity index (χ1) is 17.0. The van der Waals surface area contributed by atoms with Gasteiger partial charge in [0.05, 0.1) is 32.6 Å². The molecule has 0 saturated carbocycles. The summed E-state index contributed by atoms with van der Waals surface area (Å²) in [5.41, 5.74) is 3.04. The molecule has 0 atom stereocenters. The van der Waals surface area contributed by atoms with Crippen molar-refractivity contribution in [3.8, 4) is 39.9 Å². The molecule has 0 aliphatic heterocycles. The minimum Gasteiger partial charge on any atom is -0.508 e. The van der Waals surface area contributed by atoms with Gasteiger partial charge in [0, 0.05) is 29.7 Å². The number of hydrogen-bond donors (Lipinski definition) is 2. The summed E-state index contributed by atoms with van der Waals surface area (Å²) in [5, 5.41) is 17.2. The Bertz CT molecular complexity index is 1320. The highest BCUT2D eigenvalue weighted by Crippen LogP contribution is 2.41. The molecule has 178 valence electrons. The smallest absolute Gasteiger partial charge is 0.203 e. The number of nitrogens with one attached hydrogen (secondary N) is 1. The Morgan fingerprint density at radius 1 is 0.943 bits per heavy atom. The topological polar surface area (TPSA) is 94.8 Å². The van der Waals surface area contributed by atoms with Crippen molar-refractivity contribution in [2.45, 2.75) is 0 Å². The number of methoxy groups -OCH3 is 3. The van der Waals surface area contributed by atoms with Crippen LogP contribution in [0.5, 0.6) is 23.0 Å². The van der Waals surface area contributed by atoms with Gasteiger partial charge in [-0.1, -0.05) is 18.2 Å². The van der Waals surface area contributed by atoms with Crippen molar-refractivity contribution in [2.24, 2.45) is 0 Å². The zero-order valence-electron chi connectivity index (χ0n) is 19.6. The molecule has 4 aromatic rings. The fourth-order valence-corrected chi connectivity index (χ4v) is 3.56. The van der Waals surface area contributed by atoms with Gasteiger partial charge in [-0.15, -0.1) is 0 Å². The number of hydrogen-bond acceptors (Lipinski definition) is 7. The molecule has 0 radical (unpaired) electrons. The molecule has 4 rings (SSSR count). The highest BCUT2D eigenvalue weighted by Gasteiger charge is 2.21. The third-order valence-corrected chi connectivity index (χ3v) is 5.29. The van der Waals surface area contributed by atoms with Gasteiger partial charge in [0.15, 0.2) is 17.3 Å². The van der Waals surface area contributed by atoms with Crippen molar-refractivity contribution in [3.05, 3.63) is 90.8 Å². The largest absolute Gasteiger partial charge is 0.508 e. The molecule has 8 nitrogen and oxygen atoms in total. The van der Waals surface area contributed by atoms with Crippen molar-refractivity contribution in [1.29, 1.82) is 0 Å². The van der Waals surface area contributed by atoms with Crippen molar-refractivity contribution in [3.63, 3.8) is 0 Å². The number of anilines is 1. The second-order valence-corrected chi connectivity index (χ2v) is 7.47. The Hall–Kier alpha value is -4.72. The molecule has 35 heavy (non-hydrogen) atoms. The lowest BCUT2D eigenvalue weighted by Gasteiger charge is -2.13. The van der Waals surface area contributed by atoms with Crippen LogP contribution in [0, 0.1) is 0 Å². The summed E-state index contributed by atoms with van der Waals surface area (Å²) < 4.78 is 18.1. The van der Waals surface area contributed by atoms with Crippen LogP contribution in [0.1, 0.15) is 10.4 Å². The van der Waals surface area contributed by atoms with E-state index in [2.05, 4.69) is 5.32 Å². The van der Waals surface area contributed by atoms with Crippen LogP contribution in [-0.2, 0) is 0 Å². The number of allylic oxidation sites excluding steroid dienone is 1. The van der Waals surface area contributed by atoms with Gasteiger partial charge < -0.3 is 24.6 Å². The second kappa shape index (κ2) is 10.5. The standard InChI is InChI=1S/C27H25N3O5/c1-33-24-15-18(16-25(34-2)27(24)35-3)26-22(17-30(29-26)20-7-5-4-6-8-20)23(32)13-14-28-19-9-11-21(31)12-10-19/h4-17,28,31H,1-3H3/b14-13-. The Morgan fingerprint density at radius 2 is 1.60 bits per heavy atom. The molecule has 1 aromatic heterocycles. The van der Waals surface area contributed by atoms with Crippen LogP contribution < -0.4 is 19.5 Å². The maximum absolute atomic E-state index is 13.3. The summed E-state index contributed by atoms with van der Waals surface area (Å²) in [6.45, 7) is 0. The lowest BCUT2D eigenvalue weighted by Crippen LogP contribution is -1.99. The summed E-state index contributed by atoms with van der Waals surface area (Å²) in [6.07, 6.45) is 4.68. The number of carbonyl (C=O) groups is 1. The number of aromatic hydroxyl groups is 1. The van der Waals surface area contributed by atoms with Gasteiger partial charge in [-0.25, -0.2) is 4.68 Å². The van der Waals surface area contributed by atoms with Gasteiger partial charge in [0.1, 0.15) is 11.4 Å². The van der Waals surface area contributed by atoms with E-state index >= 15 is 0 Å². The number of rotatable bonds is 9. The van der Waals surface area contributed by atoms with E-state index < -0.39 is 0 Å². The minimum atomic E-state index is -0.248. The second-order valence-electron chi connectivity index (χ2n) is 7.47. The lowest BCUT2D eigenvalue weighted by atomic mass is 10.0. The van der Waals surface area contributed by atoms with Crippen LogP contribution in [0.2, 0.25) is 0 Å². The summed E-state index contributed by atoms with van der Waals surface area (Å²) >= 11 is 0. The predicted molar refractivity (Wildman–Crippen MR) is 134 cm³/mol. The number of phenolic OH excluding ortho intramolecular Hbond substituents is 1. The number of phenols is 1. The van der Waals surface area contributed by atoms with Gasteiger partial charge >= 0.3 is 0 Å². The zero-order valence-corrected chi connectivity index (χ0v) is 19.6. The molecule has 1 heterocycles. The first-order valence-electron chi connectivity index (χ1n) is 10.8. The molecule has 0 fully saturated rings. The number of carbonyl (C=O) groups excluding carboxylic acids is 1. The molecule has 0 saturated heterocycles. The number of ether oxygens (including phenoxy) is 3. The van der Waals surface area contributed by atoms with Crippen molar-refractivity contribution in [2.75, 3.05) is 26.6 Å². The van der Waals surface area contributed by atoms with Crippen LogP contribution in [0.3, 0.4) is 0 Å². The Labute approximate surface area is 203 Å². The van der Waals surface area contributed by atoms with Crippen LogP contribution in [0.15, 0.2) is 85.2 Å². The number of ketones is 1.